The Morgan fingerprint density at radius 1 is 1.47 bits per heavy atom. The highest BCUT2D eigenvalue weighted by molar-refractivity contribution is 5.17. The topological polar surface area (TPSA) is 60.2 Å². The van der Waals surface area contributed by atoms with Crippen LogP contribution in [0.5, 0.6) is 0 Å². The van der Waals surface area contributed by atoms with Crippen molar-refractivity contribution in [3.05, 3.63) is 5.82 Å². The van der Waals surface area contributed by atoms with E-state index in [1.807, 2.05) is 0 Å². The van der Waals surface area contributed by atoms with Crippen molar-refractivity contribution in [3.63, 3.8) is 0 Å². The molecule has 0 unspecified atom stereocenters. The second kappa shape index (κ2) is 4.96. The number of methoxy groups -OCH3 is 1. The van der Waals surface area contributed by atoms with Gasteiger partial charge in [-0.3, -0.25) is 0 Å². The minimum absolute atomic E-state index is 0.0358. The molecule has 5 nitrogen and oxygen atoms in total. The van der Waals surface area contributed by atoms with Crippen molar-refractivity contribution in [1.29, 1.82) is 0 Å². The van der Waals surface area contributed by atoms with Gasteiger partial charge in [-0.1, -0.05) is 5.16 Å². The minimum atomic E-state index is -4.33. The first kappa shape index (κ1) is 11.8. The number of alkyl halides is 3. The third-order valence-electron chi connectivity index (χ3n) is 1.41. The van der Waals surface area contributed by atoms with Gasteiger partial charge in [0, 0.05) is 13.7 Å². The lowest BCUT2D eigenvalue weighted by Crippen LogP contribution is -2.13. The minimum Gasteiger partial charge on any atom is -0.383 e. The molecule has 0 aliphatic rings. The average Bonchev–Trinajstić information content (AvgIpc) is 2.50. The molecule has 0 bridgehead atoms. The zero-order valence-electron chi connectivity index (χ0n) is 7.97. The summed E-state index contributed by atoms with van der Waals surface area (Å²) in [6.07, 6.45) is -5.52. The van der Waals surface area contributed by atoms with Gasteiger partial charge < -0.3 is 14.6 Å². The summed E-state index contributed by atoms with van der Waals surface area (Å²) in [7, 11) is 1.50. The van der Waals surface area contributed by atoms with Crippen molar-refractivity contribution in [2.75, 3.05) is 25.6 Å². The smallest absolute Gasteiger partial charge is 0.383 e. The third-order valence-corrected chi connectivity index (χ3v) is 1.41. The molecule has 0 saturated carbocycles. The lowest BCUT2D eigenvalue weighted by atomic mass is 10.4. The number of hydrogen-bond acceptors (Lipinski definition) is 5. The van der Waals surface area contributed by atoms with Crippen molar-refractivity contribution >= 4 is 6.01 Å². The van der Waals surface area contributed by atoms with Crippen LogP contribution in [0, 0.1) is 0 Å². The maximum atomic E-state index is 11.9. The normalized spacial score (nSPS) is 11.7. The Bertz CT molecular complexity index is 300. The lowest BCUT2D eigenvalue weighted by Gasteiger charge is -2.00. The quantitative estimate of drug-likeness (QED) is 0.764. The molecule has 1 N–H and O–H groups in total. The van der Waals surface area contributed by atoms with E-state index in [-0.39, 0.29) is 11.8 Å². The van der Waals surface area contributed by atoms with Crippen molar-refractivity contribution in [2.24, 2.45) is 0 Å². The summed E-state index contributed by atoms with van der Waals surface area (Å²) in [6, 6.07) is -0.0358. The fourth-order valence-corrected chi connectivity index (χ4v) is 0.837. The van der Waals surface area contributed by atoms with Gasteiger partial charge in [-0.25, -0.2) is 0 Å². The van der Waals surface area contributed by atoms with Gasteiger partial charge in [0.05, 0.1) is 6.61 Å². The standard InChI is InChI=1S/C7H10F3N3O2/c1-14-3-2-11-6-12-5(13-15-6)4-7(8,9)10/h2-4H2,1H3,(H,11,12,13). The first-order valence-electron chi connectivity index (χ1n) is 4.13. The molecule has 0 saturated heterocycles. The van der Waals surface area contributed by atoms with Crippen LogP contribution in [0.2, 0.25) is 0 Å². The van der Waals surface area contributed by atoms with Gasteiger partial charge in [0.2, 0.25) is 0 Å². The van der Waals surface area contributed by atoms with Gasteiger partial charge in [-0.15, -0.1) is 0 Å². The van der Waals surface area contributed by atoms with E-state index in [9.17, 15) is 13.2 Å². The highest BCUT2D eigenvalue weighted by atomic mass is 19.4. The van der Waals surface area contributed by atoms with E-state index in [0.717, 1.165) is 0 Å². The maximum absolute atomic E-state index is 11.9. The summed E-state index contributed by atoms with van der Waals surface area (Å²) in [5.74, 6) is -0.387. The molecular weight excluding hydrogens is 215 g/mol. The Morgan fingerprint density at radius 3 is 2.80 bits per heavy atom. The van der Waals surface area contributed by atoms with Gasteiger partial charge in [0.15, 0.2) is 5.82 Å². The third kappa shape index (κ3) is 4.63. The van der Waals surface area contributed by atoms with E-state index in [2.05, 4.69) is 20.0 Å². The predicted octanol–water partition coefficient (Wildman–Crippen LogP) is 1.23. The van der Waals surface area contributed by atoms with Crippen molar-refractivity contribution < 1.29 is 22.4 Å². The van der Waals surface area contributed by atoms with Crippen LogP contribution in [0.4, 0.5) is 19.2 Å². The molecule has 0 fully saturated rings. The van der Waals surface area contributed by atoms with E-state index in [1.54, 1.807) is 0 Å². The number of ether oxygens (including phenoxy) is 1. The van der Waals surface area contributed by atoms with Gasteiger partial charge in [-0.05, 0) is 0 Å². The van der Waals surface area contributed by atoms with Crippen LogP contribution in [0.25, 0.3) is 0 Å². The Kier molecular flexibility index (Phi) is 3.89. The van der Waals surface area contributed by atoms with Crippen LogP contribution in [-0.2, 0) is 11.2 Å². The van der Waals surface area contributed by atoms with E-state index in [0.29, 0.717) is 13.2 Å². The first-order chi connectivity index (χ1) is 7.01. The Morgan fingerprint density at radius 2 is 2.20 bits per heavy atom. The SMILES string of the molecule is COCCNc1nc(CC(F)(F)F)no1. The van der Waals surface area contributed by atoms with Gasteiger partial charge in [0.1, 0.15) is 6.42 Å². The van der Waals surface area contributed by atoms with E-state index < -0.39 is 12.6 Å². The molecule has 0 aliphatic carbocycles. The number of nitrogens with one attached hydrogen (secondary N) is 1. The highest BCUT2D eigenvalue weighted by Crippen LogP contribution is 2.19. The van der Waals surface area contributed by atoms with E-state index in [4.69, 9.17) is 4.74 Å². The molecule has 0 spiro atoms. The molecule has 0 radical (unpaired) electrons. The summed E-state index contributed by atoms with van der Waals surface area (Å²) in [6.45, 7) is 0.793. The molecule has 1 heterocycles. The summed E-state index contributed by atoms with van der Waals surface area (Å²) in [5.41, 5.74) is 0. The number of nitrogens with zero attached hydrogens (tertiary/aromatic N) is 2. The Hall–Kier alpha value is -1.31. The molecule has 0 aromatic carbocycles. The molecule has 0 amide bonds. The van der Waals surface area contributed by atoms with E-state index >= 15 is 0 Å². The summed E-state index contributed by atoms with van der Waals surface area (Å²) in [5, 5.41) is 5.79. The zero-order chi connectivity index (χ0) is 11.3. The number of rotatable bonds is 5. The number of hydrogen-bond donors (Lipinski definition) is 1. The van der Waals surface area contributed by atoms with Crippen LogP contribution in [0.3, 0.4) is 0 Å². The van der Waals surface area contributed by atoms with Crippen LogP contribution >= 0.6 is 0 Å². The first-order valence-corrected chi connectivity index (χ1v) is 4.13. The average molecular weight is 225 g/mol. The molecule has 0 aliphatic heterocycles. The van der Waals surface area contributed by atoms with Crippen molar-refractivity contribution in [3.8, 4) is 0 Å². The molecule has 1 rings (SSSR count). The molecule has 1 aromatic heterocycles. The number of aromatic nitrogens is 2. The second-order valence-corrected chi connectivity index (χ2v) is 2.73. The lowest BCUT2D eigenvalue weighted by molar-refractivity contribution is -0.128. The molecule has 1 aromatic rings. The van der Waals surface area contributed by atoms with Crippen molar-refractivity contribution in [1.82, 2.24) is 10.1 Å². The summed E-state index contributed by atoms with van der Waals surface area (Å²) in [4.78, 5) is 3.50. The Labute approximate surface area is 83.6 Å². The molecule has 86 valence electrons. The number of anilines is 1. The zero-order valence-corrected chi connectivity index (χ0v) is 7.97. The van der Waals surface area contributed by atoms with E-state index in [1.165, 1.54) is 7.11 Å². The van der Waals surface area contributed by atoms with Crippen molar-refractivity contribution in [2.45, 2.75) is 12.6 Å². The maximum Gasteiger partial charge on any atom is 0.396 e. The van der Waals surface area contributed by atoms with Gasteiger partial charge in [-0.2, -0.15) is 18.2 Å². The number of halogens is 3. The molecule has 0 atom stereocenters. The molecular formula is C7H10F3N3O2. The summed E-state index contributed by atoms with van der Waals surface area (Å²) >= 11 is 0. The fraction of sp³-hybridized carbons (Fsp3) is 0.714. The second-order valence-electron chi connectivity index (χ2n) is 2.73. The van der Waals surface area contributed by atoms with Crippen LogP contribution < -0.4 is 5.32 Å². The predicted molar refractivity (Wildman–Crippen MR) is 44.4 cm³/mol. The largest absolute Gasteiger partial charge is 0.396 e. The highest BCUT2D eigenvalue weighted by Gasteiger charge is 2.30. The fourth-order valence-electron chi connectivity index (χ4n) is 0.837. The van der Waals surface area contributed by atoms with Crippen LogP contribution in [0.15, 0.2) is 4.52 Å². The Balaban J connectivity index is 2.42. The van der Waals surface area contributed by atoms with Crippen LogP contribution in [-0.4, -0.2) is 36.6 Å². The van der Waals surface area contributed by atoms with Gasteiger partial charge >= 0.3 is 12.2 Å². The molecule has 8 heteroatoms. The molecule has 15 heavy (non-hydrogen) atoms. The van der Waals surface area contributed by atoms with Gasteiger partial charge in [0.25, 0.3) is 0 Å². The summed E-state index contributed by atoms with van der Waals surface area (Å²) < 4.78 is 44.9. The van der Waals surface area contributed by atoms with Crippen LogP contribution in [0.1, 0.15) is 5.82 Å². The monoisotopic (exact) mass is 225 g/mol.